The van der Waals surface area contributed by atoms with E-state index in [2.05, 4.69) is 0 Å². The van der Waals surface area contributed by atoms with E-state index in [4.69, 9.17) is 9.90 Å². The van der Waals surface area contributed by atoms with Gasteiger partial charge in [-0.25, -0.2) is 13.2 Å². The SMILES string of the molecule is Cc1ccc(CS(=O)(=O)N2CCC3(CN(c4ccsc4)C(=O)CN3C)C2)cc1.O=C(O)C(F)(F)F. The lowest BCUT2D eigenvalue weighted by atomic mass is 9.93. The van der Waals surface area contributed by atoms with Gasteiger partial charge in [0.05, 0.1) is 23.5 Å². The second kappa shape index (κ2) is 10.2. The summed E-state index contributed by atoms with van der Waals surface area (Å²) < 4.78 is 59.4. The van der Waals surface area contributed by atoms with Gasteiger partial charge in [-0.1, -0.05) is 29.8 Å². The van der Waals surface area contributed by atoms with E-state index in [1.165, 1.54) is 0 Å². The Morgan fingerprint density at radius 1 is 1.17 bits per heavy atom. The largest absolute Gasteiger partial charge is 0.490 e. The molecular formula is C22H26F3N3O5S2. The van der Waals surface area contributed by atoms with Crippen molar-refractivity contribution in [2.45, 2.75) is 30.8 Å². The van der Waals surface area contributed by atoms with Crippen molar-refractivity contribution < 1.29 is 36.3 Å². The standard InChI is InChI=1S/C20H25N3O3S2.C2HF3O2/c1-16-3-5-17(6-4-16)13-28(25,26)22-9-8-20(14-22)15-23(18-7-10-27-12-18)19(24)11-21(20)2;3-2(4,5)1(6)7/h3-7,10,12H,8-9,11,13-15H2,1-2H3;(H,6,7). The number of carbonyl (C=O) groups is 2. The maximum atomic E-state index is 13.0. The van der Waals surface area contributed by atoms with Crippen LogP contribution in [0.5, 0.6) is 0 Å². The summed E-state index contributed by atoms with van der Waals surface area (Å²) in [5, 5.41) is 11.1. The fourth-order valence-corrected chi connectivity index (χ4v) is 6.33. The second-order valence-electron chi connectivity index (χ2n) is 8.67. The molecule has 1 N–H and O–H groups in total. The van der Waals surface area contributed by atoms with Crippen LogP contribution in [-0.2, 0) is 25.4 Å². The lowest BCUT2D eigenvalue weighted by Crippen LogP contribution is -2.64. The average Bonchev–Trinajstić information content (AvgIpc) is 3.44. The molecule has 4 rings (SSSR count). The number of carbonyl (C=O) groups excluding carboxylic acids is 1. The first-order chi connectivity index (χ1) is 16.2. The number of piperazine rings is 1. The summed E-state index contributed by atoms with van der Waals surface area (Å²) >= 11 is 1.56. The number of sulfonamides is 1. The number of carboxylic acids is 1. The first-order valence-corrected chi connectivity index (χ1v) is 13.2. The number of aliphatic carboxylic acids is 1. The Hall–Kier alpha value is -2.48. The molecule has 1 aromatic carbocycles. The normalized spacial score (nSPS) is 21.7. The molecule has 35 heavy (non-hydrogen) atoms. The van der Waals surface area contributed by atoms with Crippen molar-refractivity contribution in [3.05, 3.63) is 52.2 Å². The lowest BCUT2D eigenvalue weighted by Gasteiger charge is -2.46. The molecule has 2 aliphatic heterocycles. The van der Waals surface area contributed by atoms with Gasteiger partial charge in [0.2, 0.25) is 15.9 Å². The van der Waals surface area contributed by atoms with Crippen molar-refractivity contribution in [2.24, 2.45) is 0 Å². The summed E-state index contributed by atoms with van der Waals surface area (Å²) in [5.74, 6) is -2.68. The molecule has 3 heterocycles. The summed E-state index contributed by atoms with van der Waals surface area (Å²) in [6.07, 6.45) is -4.36. The number of amides is 1. The molecule has 0 bridgehead atoms. The van der Waals surface area contributed by atoms with E-state index in [1.54, 1.807) is 15.6 Å². The Bertz CT molecular complexity index is 1150. The number of hydrogen-bond acceptors (Lipinski definition) is 6. The number of nitrogens with zero attached hydrogens (tertiary/aromatic N) is 3. The van der Waals surface area contributed by atoms with Gasteiger partial charge in [-0.05, 0) is 37.4 Å². The van der Waals surface area contributed by atoms with Gasteiger partial charge in [0, 0.05) is 25.0 Å². The van der Waals surface area contributed by atoms with Crippen LogP contribution in [-0.4, -0.2) is 79.5 Å². The van der Waals surface area contributed by atoms with Gasteiger partial charge in [0.15, 0.2) is 0 Å². The van der Waals surface area contributed by atoms with Crippen LogP contribution in [0.4, 0.5) is 18.9 Å². The van der Waals surface area contributed by atoms with Crippen LogP contribution in [0, 0.1) is 6.92 Å². The van der Waals surface area contributed by atoms with Crippen molar-refractivity contribution in [1.82, 2.24) is 9.21 Å². The number of carboxylic acid groups (broad SMARTS) is 1. The van der Waals surface area contributed by atoms with Crippen molar-refractivity contribution in [3.8, 4) is 0 Å². The molecule has 0 radical (unpaired) electrons. The minimum atomic E-state index is -5.08. The number of alkyl halides is 3. The molecule has 13 heteroatoms. The average molecular weight is 534 g/mol. The highest BCUT2D eigenvalue weighted by Gasteiger charge is 2.50. The molecular weight excluding hydrogens is 507 g/mol. The van der Waals surface area contributed by atoms with Gasteiger partial charge in [0.25, 0.3) is 0 Å². The fraction of sp³-hybridized carbons (Fsp3) is 0.455. The summed E-state index contributed by atoms with van der Waals surface area (Å²) in [6, 6.07) is 9.58. The molecule has 1 unspecified atom stereocenters. The van der Waals surface area contributed by atoms with Gasteiger partial charge < -0.3 is 10.0 Å². The maximum absolute atomic E-state index is 13.0. The molecule has 0 saturated carbocycles. The highest BCUT2D eigenvalue weighted by molar-refractivity contribution is 7.88. The third-order valence-corrected chi connectivity index (χ3v) is 8.62. The van der Waals surface area contributed by atoms with Crippen LogP contribution < -0.4 is 4.90 Å². The van der Waals surface area contributed by atoms with Gasteiger partial charge in [-0.15, -0.1) is 0 Å². The predicted octanol–water partition coefficient (Wildman–Crippen LogP) is 2.94. The topological polar surface area (TPSA) is 98.2 Å². The van der Waals surface area contributed by atoms with Gasteiger partial charge in [0.1, 0.15) is 0 Å². The van der Waals surface area contributed by atoms with Crippen molar-refractivity contribution >= 4 is 38.9 Å². The zero-order chi connectivity index (χ0) is 26.0. The third kappa shape index (κ3) is 6.40. The number of anilines is 1. The summed E-state index contributed by atoms with van der Waals surface area (Å²) in [4.78, 5) is 25.3. The van der Waals surface area contributed by atoms with E-state index < -0.39 is 22.2 Å². The lowest BCUT2D eigenvalue weighted by molar-refractivity contribution is -0.192. The van der Waals surface area contributed by atoms with E-state index in [-0.39, 0.29) is 17.2 Å². The highest BCUT2D eigenvalue weighted by atomic mass is 32.2. The van der Waals surface area contributed by atoms with Gasteiger partial charge in [-0.2, -0.15) is 28.8 Å². The van der Waals surface area contributed by atoms with E-state index >= 15 is 0 Å². The van der Waals surface area contributed by atoms with Crippen molar-refractivity contribution in [3.63, 3.8) is 0 Å². The van der Waals surface area contributed by atoms with Gasteiger partial charge >= 0.3 is 12.1 Å². The van der Waals surface area contributed by atoms with E-state index in [0.29, 0.717) is 26.2 Å². The number of benzene rings is 1. The predicted molar refractivity (Wildman–Crippen MR) is 126 cm³/mol. The molecule has 1 aromatic heterocycles. The summed E-state index contributed by atoms with van der Waals surface area (Å²) in [5.41, 5.74) is 2.49. The Morgan fingerprint density at radius 2 is 1.80 bits per heavy atom. The highest BCUT2D eigenvalue weighted by Crippen LogP contribution is 2.35. The number of rotatable bonds is 4. The molecule has 2 aromatic rings. The number of halogens is 3. The zero-order valence-electron chi connectivity index (χ0n) is 19.2. The summed E-state index contributed by atoms with van der Waals surface area (Å²) in [6.45, 7) is 3.73. The van der Waals surface area contributed by atoms with Gasteiger partial charge in [-0.3, -0.25) is 9.69 Å². The minimum Gasteiger partial charge on any atom is -0.475 e. The zero-order valence-corrected chi connectivity index (χ0v) is 20.8. The number of aryl methyl sites for hydroxylation is 1. The van der Waals surface area contributed by atoms with E-state index in [1.807, 2.05) is 64.9 Å². The van der Waals surface area contributed by atoms with Crippen LogP contribution in [0.3, 0.4) is 0 Å². The Labute approximate surface area is 205 Å². The molecule has 1 spiro atoms. The molecule has 192 valence electrons. The van der Waals surface area contributed by atoms with Crippen LogP contribution in [0.1, 0.15) is 17.5 Å². The number of likely N-dealkylation sites (N-methyl/N-ethyl adjacent to an activating group) is 1. The van der Waals surface area contributed by atoms with Crippen LogP contribution in [0.15, 0.2) is 41.1 Å². The smallest absolute Gasteiger partial charge is 0.475 e. The van der Waals surface area contributed by atoms with Crippen LogP contribution in [0.2, 0.25) is 0 Å². The third-order valence-electron chi connectivity index (χ3n) is 6.16. The first kappa shape index (κ1) is 27.1. The molecule has 2 saturated heterocycles. The van der Waals surface area contributed by atoms with Crippen LogP contribution in [0.25, 0.3) is 0 Å². The van der Waals surface area contributed by atoms with Crippen molar-refractivity contribution in [2.75, 3.05) is 38.1 Å². The molecule has 2 aliphatic rings. The molecule has 2 fully saturated rings. The monoisotopic (exact) mass is 533 g/mol. The second-order valence-corrected chi connectivity index (χ2v) is 11.4. The Morgan fingerprint density at radius 3 is 2.34 bits per heavy atom. The Kier molecular flexibility index (Phi) is 7.94. The van der Waals surface area contributed by atoms with Crippen molar-refractivity contribution in [1.29, 1.82) is 0 Å². The minimum absolute atomic E-state index is 0.0141. The van der Waals surface area contributed by atoms with E-state index in [9.17, 15) is 26.4 Å². The molecule has 1 atom stereocenters. The molecule has 8 nitrogen and oxygen atoms in total. The number of hydrogen-bond donors (Lipinski definition) is 1. The van der Waals surface area contributed by atoms with Crippen LogP contribution >= 0.6 is 11.3 Å². The molecule has 0 aliphatic carbocycles. The fourth-order valence-electron chi connectivity index (χ4n) is 4.09. The maximum Gasteiger partial charge on any atom is 0.490 e. The van der Waals surface area contributed by atoms with E-state index in [0.717, 1.165) is 23.2 Å². The summed E-state index contributed by atoms with van der Waals surface area (Å²) in [7, 11) is -1.47. The number of thiophene rings is 1. The quantitative estimate of drug-likeness (QED) is 0.649. The first-order valence-electron chi connectivity index (χ1n) is 10.6. The molecule has 1 amide bonds. The Balaban J connectivity index is 0.000000429.